The van der Waals surface area contributed by atoms with Gasteiger partial charge in [-0.2, -0.15) is 0 Å². The van der Waals surface area contributed by atoms with Crippen LogP contribution in [0.5, 0.6) is 5.75 Å². The van der Waals surface area contributed by atoms with Crippen molar-refractivity contribution >= 4 is 11.6 Å². The summed E-state index contributed by atoms with van der Waals surface area (Å²) in [6.45, 7) is 3.84. The SMILES string of the molecule is Cc1cccc(C(O)C(C)Oc2cccc(Cl)c2)c1. The van der Waals surface area contributed by atoms with Crippen molar-refractivity contribution in [1.82, 2.24) is 0 Å². The van der Waals surface area contributed by atoms with Crippen LogP contribution in [-0.4, -0.2) is 11.2 Å². The first-order valence-corrected chi connectivity index (χ1v) is 6.61. The minimum atomic E-state index is -0.668. The average Bonchev–Trinajstić information content (AvgIpc) is 2.38. The molecule has 0 aliphatic heterocycles. The molecule has 19 heavy (non-hydrogen) atoms. The number of hydrogen-bond acceptors (Lipinski definition) is 2. The van der Waals surface area contributed by atoms with E-state index in [0.717, 1.165) is 11.1 Å². The molecule has 0 aliphatic carbocycles. The summed E-state index contributed by atoms with van der Waals surface area (Å²) in [6, 6.07) is 15.0. The Morgan fingerprint density at radius 1 is 1.11 bits per heavy atom. The number of ether oxygens (including phenoxy) is 1. The Morgan fingerprint density at radius 3 is 2.53 bits per heavy atom. The first kappa shape index (κ1) is 13.9. The van der Waals surface area contributed by atoms with Crippen molar-refractivity contribution in [1.29, 1.82) is 0 Å². The largest absolute Gasteiger partial charge is 0.488 e. The zero-order valence-corrected chi connectivity index (χ0v) is 11.8. The maximum absolute atomic E-state index is 10.3. The van der Waals surface area contributed by atoms with E-state index in [-0.39, 0.29) is 6.10 Å². The molecule has 0 bridgehead atoms. The van der Waals surface area contributed by atoms with E-state index in [4.69, 9.17) is 16.3 Å². The molecular weight excluding hydrogens is 260 g/mol. The molecule has 100 valence electrons. The van der Waals surface area contributed by atoms with Gasteiger partial charge in [-0.3, -0.25) is 0 Å². The van der Waals surface area contributed by atoms with Crippen LogP contribution >= 0.6 is 11.6 Å². The number of hydrogen-bond donors (Lipinski definition) is 1. The van der Waals surface area contributed by atoms with Gasteiger partial charge in [-0.15, -0.1) is 0 Å². The second-order valence-corrected chi connectivity index (χ2v) is 5.08. The molecule has 2 aromatic rings. The Bertz CT molecular complexity index is 554. The summed E-state index contributed by atoms with van der Waals surface area (Å²) in [5.74, 6) is 0.659. The van der Waals surface area contributed by atoms with E-state index in [1.807, 2.05) is 50.2 Å². The molecule has 3 heteroatoms. The van der Waals surface area contributed by atoms with Crippen LogP contribution in [0.2, 0.25) is 5.02 Å². The molecule has 2 nitrogen and oxygen atoms in total. The topological polar surface area (TPSA) is 29.5 Å². The van der Waals surface area contributed by atoms with Crippen molar-refractivity contribution in [3.63, 3.8) is 0 Å². The quantitative estimate of drug-likeness (QED) is 0.909. The van der Waals surface area contributed by atoms with E-state index >= 15 is 0 Å². The van der Waals surface area contributed by atoms with Gasteiger partial charge in [0.2, 0.25) is 0 Å². The Morgan fingerprint density at radius 2 is 1.84 bits per heavy atom. The molecule has 0 heterocycles. The van der Waals surface area contributed by atoms with Gasteiger partial charge in [-0.1, -0.05) is 47.5 Å². The van der Waals surface area contributed by atoms with Crippen LogP contribution in [-0.2, 0) is 0 Å². The van der Waals surface area contributed by atoms with E-state index in [2.05, 4.69) is 0 Å². The van der Waals surface area contributed by atoms with Gasteiger partial charge in [-0.05, 0) is 37.6 Å². The summed E-state index contributed by atoms with van der Waals surface area (Å²) in [4.78, 5) is 0. The fourth-order valence-corrected chi connectivity index (χ4v) is 2.12. The van der Waals surface area contributed by atoms with Gasteiger partial charge >= 0.3 is 0 Å². The van der Waals surface area contributed by atoms with Gasteiger partial charge < -0.3 is 9.84 Å². The molecule has 2 aromatic carbocycles. The summed E-state index contributed by atoms with van der Waals surface area (Å²) >= 11 is 5.90. The zero-order chi connectivity index (χ0) is 13.8. The summed E-state index contributed by atoms with van der Waals surface area (Å²) in [6.07, 6.45) is -1.01. The van der Waals surface area contributed by atoms with Crippen LogP contribution in [0, 0.1) is 6.92 Å². The van der Waals surface area contributed by atoms with Gasteiger partial charge in [0, 0.05) is 5.02 Å². The summed E-state index contributed by atoms with van der Waals surface area (Å²) in [5.41, 5.74) is 1.97. The lowest BCUT2D eigenvalue weighted by molar-refractivity contribution is 0.0467. The molecule has 2 atom stereocenters. The van der Waals surface area contributed by atoms with Crippen LogP contribution < -0.4 is 4.74 Å². The van der Waals surface area contributed by atoms with Crippen molar-refractivity contribution in [3.05, 3.63) is 64.7 Å². The van der Waals surface area contributed by atoms with Crippen LogP contribution in [0.1, 0.15) is 24.2 Å². The van der Waals surface area contributed by atoms with Gasteiger partial charge in [0.1, 0.15) is 18.0 Å². The highest BCUT2D eigenvalue weighted by Gasteiger charge is 2.18. The smallest absolute Gasteiger partial charge is 0.126 e. The maximum atomic E-state index is 10.3. The number of benzene rings is 2. The summed E-state index contributed by atoms with van der Waals surface area (Å²) < 4.78 is 5.72. The van der Waals surface area contributed by atoms with Crippen molar-refractivity contribution < 1.29 is 9.84 Å². The first-order chi connectivity index (χ1) is 9.06. The fourth-order valence-electron chi connectivity index (χ4n) is 1.94. The van der Waals surface area contributed by atoms with E-state index in [9.17, 15) is 5.11 Å². The van der Waals surface area contributed by atoms with Crippen molar-refractivity contribution in [2.45, 2.75) is 26.1 Å². The number of aliphatic hydroxyl groups excluding tert-OH is 1. The van der Waals surface area contributed by atoms with Gasteiger partial charge in [0.05, 0.1) is 0 Å². The number of aryl methyl sites for hydroxylation is 1. The molecule has 1 N–H and O–H groups in total. The third-order valence-electron chi connectivity index (χ3n) is 2.95. The number of rotatable bonds is 4. The van der Waals surface area contributed by atoms with Gasteiger partial charge in [0.25, 0.3) is 0 Å². The molecule has 2 unspecified atom stereocenters. The lowest BCUT2D eigenvalue weighted by Gasteiger charge is -2.21. The van der Waals surface area contributed by atoms with E-state index < -0.39 is 6.10 Å². The van der Waals surface area contributed by atoms with Crippen molar-refractivity contribution in [3.8, 4) is 5.75 Å². The number of aliphatic hydroxyl groups is 1. The summed E-state index contributed by atoms with van der Waals surface area (Å²) in [5, 5.41) is 10.9. The monoisotopic (exact) mass is 276 g/mol. The normalized spacial score (nSPS) is 13.9. The molecule has 0 amide bonds. The highest BCUT2D eigenvalue weighted by molar-refractivity contribution is 6.30. The lowest BCUT2D eigenvalue weighted by atomic mass is 10.0. The molecule has 2 rings (SSSR count). The van der Waals surface area contributed by atoms with E-state index in [1.54, 1.807) is 12.1 Å². The minimum absolute atomic E-state index is 0.347. The number of halogens is 1. The lowest BCUT2D eigenvalue weighted by Crippen LogP contribution is -2.21. The Balaban J connectivity index is 2.09. The highest BCUT2D eigenvalue weighted by atomic mass is 35.5. The third kappa shape index (κ3) is 3.72. The van der Waals surface area contributed by atoms with Crippen LogP contribution in [0.3, 0.4) is 0 Å². The van der Waals surface area contributed by atoms with Crippen molar-refractivity contribution in [2.24, 2.45) is 0 Å². The second kappa shape index (κ2) is 6.09. The Labute approximate surface area is 118 Å². The molecule has 0 aromatic heterocycles. The summed E-state index contributed by atoms with van der Waals surface area (Å²) in [7, 11) is 0. The predicted octanol–water partition coefficient (Wildman–Crippen LogP) is 4.15. The van der Waals surface area contributed by atoms with Crippen LogP contribution in [0.15, 0.2) is 48.5 Å². The average molecular weight is 277 g/mol. The van der Waals surface area contributed by atoms with Crippen LogP contribution in [0.4, 0.5) is 0 Å². The van der Waals surface area contributed by atoms with Crippen LogP contribution in [0.25, 0.3) is 0 Å². The molecular formula is C16H17ClO2. The second-order valence-electron chi connectivity index (χ2n) is 4.64. The molecule has 0 saturated heterocycles. The zero-order valence-electron chi connectivity index (χ0n) is 11.0. The fraction of sp³-hybridized carbons (Fsp3) is 0.250. The molecule has 0 aliphatic rings. The maximum Gasteiger partial charge on any atom is 0.126 e. The standard InChI is InChI=1S/C16H17ClO2/c1-11-5-3-6-13(9-11)16(18)12(2)19-15-8-4-7-14(17)10-15/h3-10,12,16,18H,1-2H3. The molecule has 0 saturated carbocycles. The predicted molar refractivity (Wildman–Crippen MR) is 77.7 cm³/mol. The molecule has 0 radical (unpaired) electrons. The Kier molecular flexibility index (Phi) is 4.46. The van der Waals surface area contributed by atoms with Gasteiger partial charge in [0.15, 0.2) is 0 Å². The molecule has 0 fully saturated rings. The highest BCUT2D eigenvalue weighted by Crippen LogP contribution is 2.24. The van der Waals surface area contributed by atoms with Crippen molar-refractivity contribution in [2.75, 3.05) is 0 Å². The minimum Gasteiger partial charge on any atom is -0.488 e. The van der Waals surface area contributed by atoms with Gasteiger partial charge in [-0.25, -0.2) is 0 Å². The Hall–Kier alpha value is -1.51. The van der Waals surface area contributed by atoms with E-state index in [0.29, 0.717) is 10.8 Å². The third-order valence-corrected chi connectivity index (χ3v) is 3.18. The first-order valence-electron chi connectivity index (χ1n) is 6.23. The van der Waals surface area contributed by atoms with E-state index in [1.165, 1.54) is 0 Å². The molecule has 0 spiro atoms.